The highest BCUT2D eigenvalue weighted by Crippen LogP contribution is 2.10. The van der Waals surface area contributed by atoms with Crippen LogP contribution in [-0.2, 0) is 12.6 Å². The Balaban J connectivity index is 3.13. The minimum atomic E-state index is 0.184. The normalized spacial score (nSPS) is 12.1. The van der Waals surface area contributed by atoms with Crippen molar-refractivity contribution in [3.05, 3.63) is 18.0 Å². The average molecular weight is 153 g/mol. The van der Waals surface area contributed by atoms with E-state index in [1.54, 1.807) is 0 Å². The summed E-state index contributed by atoms with van der Waals surface area (Å²) in [6.45, 7) is 8.72. The van der Waals surface area contributed by atoms with Gasteiger partial charge in [-0.25, -0.2) is 0 Å². The van der Waals surface area contributed by atoms with Crippen molar-refractivity contribution in [1.29, 1.82) is 0 Å². The number of rotatable bonds is 0. The Bertz CT molecular complexity index is 253. The third-order valence-electron chi connectivity index (χ3n) is 1.74. The standard InChI is InChI=1S/C9H17N2/c1-8-6-10(5)11(7-8)9(2,3)4/h6-7H,1-5H3/q+1. The van der Waals surface area contributed by atoms with Crippen LogP contribution < -0.4 is 4.68 Å². The van der Waals surface area contributed by atoms with E-state index >= 15 is 0 Å². The lowest BCUT2D eigenvalue weighted by Crippen LogP contribution is -2.45. The van der Waals surface area contributed by atoms with Gasteiger partial charge in [-0.05, 0) is 27.7 Å². The van der Waals surface area contributed by atoms with Crippen molar-refractivity contribution in [2.75, 3.05) is 0 Å². The largest absolute Gasteiger partial charge is 0.198 e. The summed E-state index contributed by atoms with van der Waals surface area (Å²) in [5.41, 5.74) is 1.49. The van der Waals surface area contributed by atoms with E-state index in [0.717, 1.165) is 0 Å². The predicted molar refractivity (Wildman–Crippen MR) is 45.3 cm³/mol. The predicted octanol–water partition coefficient (Wildman–Crippen LogP) is 1.38. The zero-order valence-corrected chi connectivity index (χ0v) is 8.05. The molecule has 0 saturated carbocycles. The van der Waals surface area contributed by atoms with Gasteiger partial charge in [-0.15, -0.1) is 4.68 Å². The molecule has 0 unspecified atom stereocenters. The second-order valence-electron chi connectivity index (χ2n) is 4.09. The van der Waals surface area contributed by atoms with Crippen LogP contribution in [0.4, 0.5) is 0 Å². The van der Waals surface area contributed by atoms with E-state index in [2.05, 4.69) is 56.5 Å². The van der Waals surface area contributed by atoms with Crippen LogP contribution in [0.25, 0.3) is 0 Å². The van der Waals surface area contributed by atoms with Gasteiger partial charge in [0.1, 0.15) is 0 Å². The molecule has 1 rings (SSSR count). The van der Waals surface area contributed by atoms with Gasteiger partial charge < -0.3 is 0 Å². The van der Waals surface area contributed by atoms with Gasteiger partial charge in [0.15, 0.2) is 13.2 Å². The Morgan fingerprint density at radius 1 is 1.36 bits per heavy atom. The lowest BCUT2D eigenvalue weighted by atomic mass is 10.1. The second kappa shape index (κ2) is 2.36. The van der Waals surface area contributed by atoms with Crippen molar-refractivity contribution in [3.63, 3.8) is 0 Å². The highest BCUT2D eigenvalue weighted by molar-refractivity contribution is 4.97. The summed E-state index contributed by atoms with van der Waals surface area (Å²) in [5.74, 6) is 0. The Morgan fingerprint density at radius 3 is 2.09 bits per heavy atom. The molecule has 0 fully saturated rings. The van der Waals surface area contributed by atoms with Crippen LogP contribution in [-0.4, -0.2) is 4.68 Å². The minimum Gasteiger partial charge on any atom is -0.156 e. The first-order valence-corrected chi connectivity index (χ1v) is 3.96. The summed E-state index contributed by atoms with van der Waals surface area (Å²) in [5, 5.41) is 0. The molecule has 0 aliphatic rings. The van der Waals surface area contributed by atoms with Crippen LogP contribution in [0, 0.1) is 6.92 Å². The fourth-order valence-corrected chi connectivity index (χ4v) is 1.34. The van der Waals surface area contributed by atoms with Gasteiger partial charge in [0.2, 0.25) is 0 Å². The molecule has 2 nitrogen and oxygen atoms in total. The molecule has 0 saturated heterocycles. The van der Waals surface area contributed by atoms with Gasteiger partial charge >= 0.3 is 0 Å². The van der Waals surface area contributed by atoms with Crippen LogP contribution in [0.1, 0.15) is 26.3 Å². The Kier molecular flexibility index (Phi) is 1.78. The lowest BCUT2D eigenvalue weighted by molar-refractivity contribution is -0.759. The third-order valence-corrected chi connectivity index (χ3v) is 1.74. The molecule has 62 valence electrons. The van der Waals surface area contributed by atoms with Crippen LogP contribution in [0.5, 0.6) is 0 Å². The third kappa shape index (κ3) is 1.62. The monoisotopic (exact) mass is 153 g/mol. The van der Waals surface area contributed by atoms with E-state index in [4.69, 9.17) is 0 Å². The molecule has 0 atom stereocenters. The van der Waals surface area contributed by atoms with E-state index in [0.29, 0.717) is 0 Å². The van der Waals surface area contributed by atoms with E-state index in [1.807, 2.05) is 0 Å². The Hall–Kier alpha value is -0.790. The molecule has 1 heterocycles. The number of aromatic nitrogens is 2. The van der Waals surface area contributed by atoms with E-state index in [-0.39, 0.29) is 5.54 Å². The van der Waals surface area contributed by atoms with E-state index < -0.39 is 0 Å². The Labute approximate surface area is 68.4 Å². The smallest absolute Gasteiger partial charge is 0.156 e. The van der Waals surface area contributed by atoms with Crippen molar-refractivity contribution in [3.8, 4) is 0 Å². The summed E-state index contributed by atoms with van der Waals surface area (Å²) in [7, 11) is 2.07. The van der Waals surface area contributed by atoms with Gasteiger partial charge in [0, 0.05) is 5.56 Å². The van der Waals surface area contributed by atoms with Crippen molar-refractivity contribution in [2.45, 2.75) is 33.2 Å². The molecule has 11 heavy (non-hydrogen) atoms. The van der Waals surface area contributed by atoms with Gasteiger partial charge in [0.25, 0.3) is 0 Å². The molecule has 0 aliphatic carbocycles. The molecular weight excluding hydrogens is 136 g/mol. The van der Waals surface area contributed by atoms with Gasteiger partial charge in [-0.2, -0.15) is 4.68 Å². The first kappa shape index (κ1) is 8.31. The van der Waals surface area contributed by atoms with Crippen LogP contribution in [0.2, 0.25) is 0 Å². The van der Waals surface area contributed by atoms with Crippen molar-refractivity contribution >= 4 is 0 Å². The lowest BCUT2D eigenvalue weighted by Gasteiger charge is -2.16. The highest BCUT2D eigenvalue weighted by atomic mass is 15.4. The fraction of sp³-hybridized carbons (Fsp3) is 0.667. The first-order chi connectivity index (χ1) is 4.91. The summed E-state index contributed by atoms with van der Waals surface area (Å²) in [4.78, 5) is 0. The number of hydrogen-bond acceptors (Lipinski definition) is 0. The van der Waals surface area contributed by atoms with Crippen molar-refractivity contribution < 1.29 is 4.68 Å². The van der Waals surface area contributed by atoms with E-state index in [1.165, 1.54) is 5.56 Å². The topological polar surface area (TPSA) is 8.81 Å². The summed E-state index contributed by atoms with van der Waals surface area (Å²) in [6, 6.07) is 0. The molecule has 2 heteroatoms. The first-order valence-electron chi connectivity index (χ1n) is 3.96. The molecule has 0 N–H and O–H groups in total. The fourth-order valence-electron chi connectivity index (χ4n) is 1.34. The maximum Gasteiger partial charge on any atom is 0.198 e. The molecule has 0 amide bonds. The van der Waals surface area contributed by atoms with Crippen LogP contribution in [0.3, 0.4) is 0 Å². The van der Waals surface area contributed by atoms with Gasteiger partial charge in [0.05, 0.1) is 11.7 Å². The van der Waals surface area contributed by atoms with Crippen molar-refractivity contribution in [2.24, 2.45) is 7.05 Å². The minimum absolute atomic E-state index is 0.184. The molecule has 0 spiro atoms. The van der Waals surface area contributed by atoms with Crippen LogP contribution >= 0.6 is 0 Å². The van der Waals surface area contributed by atoms with E-state index in [9.17, 15) is 0 Å². The molecule has 0 aromatic carbocycles. The summed E-state index contributed by atoms with van der Waals surface area (Å²) in [6.07, 6.45) is 4.30. The maximum atomic E-state index is 2.22. The highest BCUT2D eigenvalue weighted by Gasteiger charge is 2.20. The molecule has 0 radical (unpaired) electrons. The zero-order valence-electron chi connectivity index (χ0n) is 8.05. The average Bonchev–Trinajstić information content (AvgIpc) is 2.08. The molecular formula is C9H17N2+. The molecule has 0 aliphatic heterocycles. The molecule has 1 aromatic rings. The maximum absolute atomic E-state index is 2.22. The zero-order chi connectivity index (χ0) is 8.65. The quantitative estimate of drug-likeness (QED) is 0.498. The SMILES string of the molecule is Cc1cn(C(C)(C)C)[n+](C)c1. The Morgan fingerprint density at radius 2 is 1.91 bits per heavy atom. The van der Waals surface area contributed by atoms with Crippen molar-refractivity contribution in [1.82, 2.24) is 4.68 Å². The summed E-state index contributed by atoms with van der Waals surface area (Å²) >= 11 is 0. The van der Waals surface area contributed by atoms with Gasteiger partial charge in [-0.1, -0.05) is 0 Å². The second-order valence-corrected chi connectivity index (χ2v) is 4.09. The van der Waals surface area contributed by atoms with Crippen LogP contribution in [0.15, 0.2) is 12.4 Å². The molecule has 0 bridgehead atoms. The number of hydrogen-bond donors (Lipinski definition) is 0. The number of nitrogens with zero attached hydrogens (tertiary/aromatic N) is 2. The van der Waals surface area contributed by atoms with Gasteiger partial charge in [-0.3, -0.25) is 0 Å². The number of aryl methyl sites for hydroxylation is 2. The summed E-state index contributed by atoms with van der Waals surface area (Å²) < 4.78 is 4.34. The molecule has 1 aromatic heterocycles.